The van der Waals surface area contributed by atoms with Crippen LogP contribution in [0.3, 0.4) is 0 Å². The highest BCUT2D eigenvalue weighted by Gasteiger charge is 2.50. The Morgan fingerprint density at radius 3 is 2.74 bits per heavy atom. The first-order valence-corrected chi connectivity index (χ1v) is 6.52. The average molecular weight is 266 g/mol. The first kappa shape index (κ1) is 13.8. The van der Waals surface area contributed by atoms with E-state index in [0.717, 1.165) is 12.8 Å². The van der Waals surface area contributed by atoms with Crippen LogP contribution in [-0.4, -0.2) is 24.6 Å². The number of rotatable bonds is 7. The van der Waals surface area contributed by atoms with E-state index in [1.54, 1.807) is 18.2 Å². The summed E-state index contributed by atoms with van der Waals surface area (Å²) < 4.78 is 19.0. The SMILES string of the molecule is CCNC(COc1ccccc1F)(C(N)=O)C1CC1. The van der Waals surface area contributed by atoms with Crippen LogP contribution >= 0.6 is 0 Å². The number of hydrogen-bond donors (Lipinski definition) is 2. The number of primary amides is 1. The van der Waals surface area contributed by atoms with Crippen molar-refractivity contribution in [3.63, 3.8) is 0 Å². The number of nitrogens with two attached hydrogens (primary N) is 1. The molecule has 1 aliphatic rings. The summed E-state index contributed by atoms with van der Waals surface area (Å²) in [5.41, 5.74) is 4.63. The van der Waals surface area contributed by atoms with Crippen molar-refractivity contribution >= 4 is 5.91 Å². The maximum atomic E-state index is 13.5. The van der Waals surface area contributed by atoms with Gasteiger partial charge in [-0.3, -0.25) is 4.79 Å². The maximum absolute atomic E-state index is 13.5. The van der Waals surface area contributed by atoms with Gasteiger partial charge in [-0.1, -0.05) is 19.1 Å². The zero-order valence-corrected chi connectivity index (χ0v) is 11.0. The molecular weight excluding hydrogens is 247 g/mol. The fraction of sp³-hybridized carbons (Fsp3) is 0.500. The lowest BCUT2D eigenvalue weighted by Gasteiger charge is -2.31. The van der Waals surface area contributed by atoms with Gasteiger partial charge in [0.2, 0.25) is 5.91 Å². The second-order valence-electron chi connectivity index (χ2n) is 4.86. The van der Waals surface area contributed by atoms with Crippen molar-refractivity contribution in [1.29, 1.82) is 0 Å². The Morgan fingerprint density at radius 2 is 2.21 bits per heavy atom. The van der Waals surface area contributed by atoms with Gasteiger partial charge < -0.3 is 15.8 Å². The summed E-state index contributed by atoms with van der Waals surface area (Å²) in [7, 11) is 0. The standard InChI is InChI=1S/C14H19FN2O2/c1-2-17-14(13(16)18,10-7-8-10)9-19-12-6-4-3-5-11(12)15/h3-6,10,17H,2,7-9H2,1H3,(H2,16,18). The molecule has 1 saturated carbocycles. The maximum Gasteiger partial charge on any atom is 0.241 e. The number of hydrogen-bond acceptors (Lipinski definition) is 3. The molecule has 0 heterocycles. The zero-order chi connectivity index (χ0) is 13.9. The van der Waals surface area contributed by atoms with Gasteiger partial charge in [0.25, 0.3) is 0 Å². The Balaban J connectivity index is 2.12. The minimum absolute atomic E-state index is 0.0573. The molecule has 3 N–H and O–H groups in total. The fourth-order valence-electron chi connectivity index (χ4n) is 2.32. The summed E-state index contributed by atoms with van der Waals surface area (Å²) in [6.07, 6.45) is 1.88. The molecule has 0 aromatic heterocycles. The van der Waals surface area contributed by atoms with E-state index in [0.29, 0.717) is 6.54 Å². The lowest BCUT2D eigenvalue weighted by atomic mass is 9.93. The largest absolute Gasteiger partial charge is 0.488 e. The van der Waals surface area contributed by atoms with Crippen molar-refractivity contribution in [3.8, 4) is 5.75 Å². The summed E-state index contributed by atoms with van der Waals surface area (Å²) >= 11 is 0. The highest BCUT2D eigenvalue weighted by atomic mass is 19.1. The number of amides is 1. The van der Waals surface area contributed by atoms with Gasteiger partial charge in [0.05, 0.1) is 0 Å². The van der Waals surface area contributed by atoms with Crippen LogP contribution in [0.1, 0.15) is 19.8 Å². The predicted molar refractivity (Wildman–Crippen MR) is 70.2 cm³/mol. The molecule has 1 atom stereocenters. The third-order valence-corrected chi connectivity index (χ3v) is 3.50. The second-order valence-corrected chi connectivity index (χ2v) is 4.86. The van der Waals surface area contributed by atoms with Crippen LogP contribution in [0, 0.1) is 11.7 Å². The molecule has 5 heteroatoms. The van der Waals surface area contributed by atoms with E-state index in [2.05, 4.69) is 5.32 Å². The molecule has 0 radical (unpaired) electrons. The third kappa shape index (κ3) is 2.87. The number of halogens is 1. The van der Waals surface area contributed by atoms with Gasteiger partial charge >= 0.3 is 0 Å². The first-order valence-electron chi connectivity index (χ1n) is 6.52. The molecule has 1 fully saturated rings. The van der Waals surface area contributed by atoms with Crippen molar-refractivity contribution in [2.45, 2.75) is 25.3 Å². The Morgan fingerprint density at radius 1 is 1.53 bits per heavy atom. The molecule has 0 saturated heterocycles. The molecule has 1 aliphatic carbocycles. The fourth-order valence-corrected chi connectivity index (χ4v) is 2.32. The molecule has 1 aromatic rings. The van der Waals surface area contributed by atoms with Crippen LogP contribution in [0.5, 0.6) is 5.75 Å². The quantitative estimate of drug-likeness (QED) is 0.785. The molecule has 0 spiro atoms. The van der Waals surface area contributed by atoms with Crippen LogP contribution < -0.4 is 15.8 Å². The summed E-state index contributed by atoms with van der Waals surface area (Å²) in [6.45, 7) is 2.57. The van der Waals surface area contributed by atoms with Crippen molar-refractivity contribution in [2.75, 3.05) is 13.2 Å². The van der Waals surface area contributed by atoms with Gasteiger partial charge in [-0.15, -0.1) is 0 Å². The van der Waals surface area contributed by atoms with Crippen LogP contribution in [0.4, 0.5) is 4.39 Å². The molecular formula is C14H19FN2O2. The van der Waals surface area contributed by atoms with Crippen molar-refractivity contribution in [3.05, 3.63) is 30.1 Å². The van der Waals surface area contributed by atoms with Gasteiger partial charge in [0.15, 0.2) is 11.6 Å². The first-order chi connectivity index (χ1) is 9.10. The third-order valence-electron chi connectivity index (χ3n) is 3.50. The number of para-hydroxylation sites is 1. The summed E-state index contributed by atoms with van der Waals surface area (Å²) in [4.78, 5) is 11.8. The van der Waals surface area contributed by atoms with Gasteiger partial charge in [0, 0.05) is 0 Å². The minimum Gasteiger partial charge on any atom is -0.488 e. The van der Waals surface area contributed by atoms with Crippen LogP contribution in [0.2, 0.25) is 0 Å². The highest BCUT2D eigenvalue weighted by Crippen LogP contribution is 2.40. The van der Waals surface area contributed by atoms with Gasteiger partial charge in [-0.05, 0) is 37.4 Å². The highest BCUT2D eigenvalue weighted by molar-refractivity contribution is 5.85. The topological polar surface area (TPSA) is 64.3 Å². The summed E-state index contributed by atoms with van der Waals surface area (Å²) in [5.74, 6) is -0.551. The number of carbonyl (C=O) groups excluding carboxylic acids is 1. The van der Waals surface area contributed by atoms with Gasteiger partial charge in [-0.2, -0.15) is 0 Å². The van der Waals surface area contributed by atoms with E-state index >= 15 is 0 Å². The Kier molecular flexibility index (Phi) is 4.04. The molecule has 19 heavy (non-hydrogen) atoms. The molecule has 0 bridgehead atoms. The Bertz CT molecular complexity index is 463. The van der Waals surface area contributed by atoms with Crippen molar-refractivity contribution in [2.24, 2.45) is 11.7 Å². The van der Waals surface area contributed by atoms with E-state index in [1.165, 1.54) is 6.07 Å². The molecule has 1 amide bonds. The van der Waals surface area contributed by atoms with Crippen LogP contribution in [0.15, 0.2) is 24.3 Å². The smallest absolute Gasteiger partial charge is 0.241 e. The molecule has 2 rings (SSSR count). The van der Waals surface area contributed by atoms with Crippen molar-refractivity contribution < 1.29 is 13.9 Å². The van der Waals surface area contributed by atoms with Crippen LogP contribution in [0.25, 0.3) is 0 Å². The van der Waals surface area contributed by atoms with E-state index in [4.69, 9.17) is 10.5 Å². The van der Waals surface area contributed by atoms with E-state index in [1.807, 2.05) is 6.92 Å². The molecule has 1 unspecified atom stereocenters. The molecule has 4 nitrogen and oxygen atoms in total. The van der Waals surface area contributed by atoms with Crippen LogP contribution in [-0.2, 0) is 4.79 Å². The summed E-state index contributed by atoms with van der Waals surface area (Å²) in [5, 5.41) is 3.13. The normalized spacial score (nSPS) is 17.8. The Labute approximate surface area is 112 Å². The average Bonchev–Trinajstić information content (AvgIpc) is 3.20. The summed E-state index contributed by atoms with van der Waals surface area (Å²) in [6, 6.07) is 6.15. The van der Waals surface area contributed by atoms with E-state index in [-0.39, 0.29) is 18.3 Å². The predicted octanol–water partition coefficient (Wildman–Crippen LogP) is 1.45. The lowest BCUT2D eigenvalue weighted by Crippen LogP contribution is -2.61. The number of nitrogens with one attached hydrogen (secondary N) is 1. The van der Waals surface area contributed by atoms with Gasteiger partial charge in [-0.25, -0.2) is 4.39 Å². The minimum atomic E-state index is -0.892. The number of likely N-dealkylation sites (N-methyl/N-ethyl adjacent to an activating group) is 1. The Hall–Kier alpha value is -1.62. The zero-order valence-electron chi connectivity index (χ0n) is 11.0. The number of carbonyl (C=O) groups is 1. The lowest BCUT2D eigenvalue weighted by molar-refractivity contribution is -0.126. The van der Waals surface area contributed by atoms with Gasteiger partial charge in [0.1, 0.15) is 12.1 Å². The number of benzene rings is 1. The van der Waals surface area contributed by atoms with Crippen molar-refractivity contribution in [1.82, 2.24) is 5.32 Å². The molecule has 104 valence electrons. The molecule has 0 aliphatic heterocycles. The monoisotopic (exact) mass is 266 g/mol. The van der Waals surface area contributed by atoms with E-state index < -0.39 is 17.3 Å². The molecule has 1 aromatic carbocycles. The number of ether oxygens (including phenoxy) is 1. The van der Waals surface area contributed by atoms with E-state index in [9.17, 15) is 9.18 Å². The second kappa shape index (κ2) is 5.57.